The van der Waals surface area contributed by atoms with Gasteiger partial charge in [-0.15, -0.1) is 0 Å². The van der Waals surface area contributed by atoms with Crippen molar-refractivity contribution in [1.29, 1.82) is 0 Å². The van der Waals surface area contributed by atoms with Gasteiger partial charge < -0.3 is 16.0 Å². The number of hydrogen-bond donors (Lipinski definition) is 2. The van der Waals surface area contributed by atoms with E-state index in [0.717, 1.165) is 18.4 Å². The van der Waals surface area contributed by atoms with Crippen molar-refractivity contribution in [2.45, 2.75) is 32.6 Å². The van der Waals surface area contributed by atoms with E-state index in [0.29, 0.717) is 37.2 Å². The van der Waals surface area contributed by atoms with Gasteiger partial charge in [0, 0.05) is 30.8 Å². The lowest BCUT2D eigenvalue weighted by atomic mass is 9.92. The van der Waals surface area contributed by atoms with Crippen molar-refractivity contribution >= 4 is 23.4 Å². The molecule has 6 nitrogen and oxygen atoms in total. The summed E-state index contributed by atoms with van der Waals surface area (Å²) in [4.78, 5) is 38.3. The number of nitrogens with two attached hydrogens (primary N) is 1. The summed E-state index contributed by atoms with van der Waals surface area (Å²) in [5.41, 5.74) is 6.89. The highest BCUT2D eigenvalue weighted by atomic mass is 19.1. The minimum absolute atomic E-state index is 0.0537. The van der Waals surface area contributed by atoms with Crippen molar-refractivity contribution in [2.24, 2.45) is 11.7 Å². The van der Waals surface area contributed by atoms with Gasteiger partial charge in [0.25, 0.3) is 11.8 Å². The molecule has 7 heteroatoms. The van der Waals surface area contributed by atoms with Gasteiger partial charge >= 0.3 is 0 Å². The van der Waals surface area contributed by atoms with E-state index in [1.54, 1.807) is 29.2 Å². The van der Waals surface area contributed by atoms with E-state index >= 15 is 0 Å². The number of halogens is 1. The van der Waals surface area contributed by atoms with Crippen LogP contribution in [0.4, 0.5) is 10.1 Å². The van der Waals surface area contributed by atoms with Crippen LogP contribution in [-0.2, 0) is 4.79 Å². The molecule has 1 heterocycles. The van der Waals surface area contributed by atoms with Crippen molar-refractivity contribution < 1.29 is 18.8 Å². The molecule has 0 bridgehead atoms. The Labute approximate surface area is 175 Å². The average Bonchev–Trinajstić information content (AvgIpc) is 2.73. The lowest BCUT2D eigenvalue weighted by Crippen LogP contribution is -2.40. The van der Waals surface area contributed by atoms with Crippen molar-refractivity contribution in [3.63, 3.8) is 0 Å². The summed E-state index contributed by atoms with van der Waals surface area (Å²) < 4.78 is 13.9. The van der Waals surface area contributed by atoms with E-state index in [1.165, 1.54) is 18.2 Å². The number of benzene rings is 2. The van der Waals surface area contributed by atoms with Crippen LogP contribution in [0.5, 0.6) is 0 Å². The summed E-state index contributed by atoms with van der Waals surface area (Å²) in [5, 5.41) is 2.71. The van der Waals surface area contributed by atoms with Crippen LogP contribution in [0, 0.1) is 18.7 Å². The van der Waals surface area contributed by atoms with Gasteiger partial charge in [-0.1, -0.05) is 18.2 Å². The molecule has 1 unspecified atom stereocenters. The Kier molecular flexibility index (Phi) is 6.82. The fraction of sp³-hybridized carbons (Fsp3) is 0.348. The standard InChI is InChI=1S/C23H26FN3O3/c1-15-8-10-17(13-20(15)26-22(29)18-6-2-3-7-19(18)24)23(30)27-12-4-5-16(14-27)9-11-21(25)28/h2-3,6-8,10,13,16H,4-5,9,11-12,14H2,1H3,(H2,25,28)(H,26,29). The zero-order chi connectivity index (χ0) is 21.7. The fourth-order valence-corrected chi connectivity index (χ4v) is 3.74. The third-order valence-electron chi connectivity index (χ3n) is 5.46. The second-order valence-electron chi connectivity index (χ2n) is 7.73. The number of amides is 3. The van der Waals surface area contributed by atoms with Crippen molar-refractivity contribution in [1.82, 2.24) is 4.90 Å². The van der Waals surface area contributed by atoms with Gasteiger partial charge in [0.05, 0.1) is 5.56 Å². The first kappa shape index (κ1) is 21.5. The number of aryl methyl sites for hydroxylation is 1. The maximum atomic E-state index is 13.9. The largest absolute Gasteiger partial charge is 0.370 e. The lowest BCUT2D eigenvalue weighted by molar-refractivity contribution is -0.118. The summed E-state index contributed by atoms with van der Waals surface area (Å²) in [6.45, 7) is 3.04. The molecule has 3 rings (SSSR count). The zero-order valence-electron chi connectivity index (χ0n) is 17.0. The Morgan fingerprint density at radius 2 is 1.97 bits per heavy atom. The monoisotopic (exact) mass is 411 g/mol. The van der Waals surface area contributed by atoms with Crippen LogP contribution in [0.2, 0.25) is 0 Å². The van der Waals surface area contributed by atoms with Crippen molar-refractivity contribution in [3.8, 4) is 0 Å². The summed E-state index contributed by atoms with van der Waals surface area (Å²) in [7, 11) is 0. The number of hydrogen-bond acceptors (Lipinski definition) is 3. The predicted octanol–water partition coefficient (Wildman–Crippen LogP) is 3.50. The third kappa shape index (κ3) is 5.23. The molecule has 0 aliphatic carbocycles. The van der Waals surface area contributed by atoms with Crippen molar-refractivity contribution in [2.75, 3.05) is 18.4 Å². The molecule has 0 aromatic heterocycles. The molecular formula is C23H26FN3O3. The molecule has 3 N–H and O–H groups in total. The Bertz CT molecular complexity index is 960. The second kappa shape index (κ2) is 9.52. The number of piperidine rings is 1. The maximum absolute atomic E-state index is 13.9. The van der Waals surface area contributed by atoms with Gasteiger partial charge in [-0.2, -0.15) is 0 Å². The molecule has 1 atom stereocenters. The van der Waals surface area contributed by atoms with E-state index in [-0.39, 0.29) is 23.3 Å². The Morgan fingerprint density at radius 1 is 1.20 bits per heavy atom. The van der Waals surface area contributed by atoms with Gasteiger partial charge in [0.2, 0.25) is 5.91 Å². The van der Waals surface area contributed by atoms with Crippen LogP contribution in [0.15, 0.2) is 42.5 Å². The molecule has 1 fully saturated rings. The van der Waals surface area contributed by atoms with Gasteiger partial charge in [-0.25, -0.2) is 4.39 Å². The lowest BCUT2D eigenvalue weighted by Gasteiger charge is -2.33. The molecule has 2 aromatic carbocycles. The van der Waals surface area contributed by atoms with Gasteiger partial charge in [-0.05, 0) is 61.9 Å². The van der Waals surface area contributed by atoms with E-state index in [2.05, 4.69) is 5.32 Å². The third-order valence-corrected chi connectivity index (χ3v) is 5.46. The maximum Gasteiger partial charge on any atom is 0.258 e. The van der Waals surface area contributed by atoms with Crippen molar-refractivity contribution in [3.05, 3.63) is 65.0 Å². The first-order chi connectivity index (χ1) is 14.3. The van der Waals surface area contributed by atoms with Gasteiger partial charge in [0.15, 0.2) is 0 Å². The molecule has 1 saturated heterocycles. The topological polar surface area (TPSA) is 92.5 Å². The molecule has 0 spiro atoms. The number of nitrogens with one attached hydrogen (secondary N) is 1. The van der Waals surface area contributed by atoms with E-state index in [9.17, 15) is 18.8 Å². The summed E-state index contributed by atoms with van der Waals surface area (Å²) in [5.74, 6) is -1.37. The van der Waals surface area contributed by atoms with Gasteiger partial charge in [0.1, 0.15) is 5.82 Å². The molecule has 0 saturated carbocycles. The van der Waals surface area contributed by atoms with Crippen LogP contribution in [0.25, 0.3) is 0 Å². The minimum atomic E-state index is -0.602. The number of primary amides is 1. The highest BCUT2D eigenvalue weighted by Gasteiger charge is 2.25. The number of likely N-dealkylation sites (tertiary alicyclic amines) is 1. The zero-order valence-corrected chi connectivity index (χ0v) is 17.0. The van der Waals surface area contributed by atoms with Gasteiger partial charge in [-0.3, -0.25) is 14.4 Å². The molecule has 1 aliphatic heterocycles. The number of carbonyl (C=O) groups is 3. The molecule has 0 radical (unpaired) electrons. The fourth-order valence-electron chi connectivity index (χ4n) is 3.74. The Morgan fingerprint density at radius 3 is 2.70 bits per heavy atom. The summed E-state index contributed by atoms with van der Waals surface area (Å²) >= 11 is 0. The average molecular weight is 411 g/mol. The molecule has 3 amide bonds. The SMILES string of the molecule is Cc1ccc(C(=O)N2CCCC(CCC(N)=O)C2)cc1NC(=O)c1ccccc1F. The minimum Gasteiger partial charge on any atom is -0.370 e. The van der Waals surface area contributed by atoms with Crippen LogP contribution in [0.1, 0.15) is 52.0 Å². The highest BCUT2D eigenvalue weighted by molar-refractivity contribution is 6.05. The van der Waals surface area contributed by atoms with E-state index in [1.807, 2.05) is 6.92 Å². The predicted molar refractivity (Wildman–Crippen MR) is 113 cm³/mol. The molecule has 2 aromatic rings. The van der Waals surface area contributed by atoms with E-state index in [4.69, 9.17) is 5.73 Å². The summed E-state index contributed by atoms with van der Waals surface area (Å²) in [6.07, 6.45) is 2.84. The smallest absolute Gasteiger partial charge is 0.258 e. The molecule has 1 aliphatic rings. The van der Waals surface area contributed by atoms with Crippen LogP contribution >= 0.6 is 0 Å². The molecule has 158 valence electrons. The van der Waals surface area contributed by atoms with E-state index < -0.39 is 11.7 Å². The summed E-state index contributed by atoms with van der Waals surface area (Å²) in [6, 6.07) is 10.9. The number of rotatable bonds is 6. The molecular weight excluding hydrogens is 385 g/mol. The first-order valence-electron chi connectivity index (χ1n) is 10.1. The quantitative estimate of drug-likeness (QED) is 0.762. The number of nitrogens with zero attached hydrogens (tertiary/aromatic N) is 1. The Balaban J connectivity index is 1.72. The van der Waals surface area contributed by atoms with Crippen LogP contribution < -0.4 is 11.1 Å². The Hall–Kier alpha value is -3.22. The first-order valence-corrected chi connectivity index (χ1v) is 10.1. The van der Waals surface area contributed by atoms with Crippen LogP contribution in [0.3, 0.4) is 0 Å². The normalized spacial score (nSPS) is 16.2. The second-order valence-corrected chi connectivity index (χ2v) is 7.73. The highest BCUT2D eigenvalue weighted by Crippen LogP contribution is 2.24. The molecule has 30 heavy (non-hydrogen) atoms. The number of carbonyl (C=O) groups excluding carboxylic acids is 3. The van der Waals surface area contributed by atoms with Crippen LogP contribution in [-0.4, -0.2) is 35.7 Å². The number of anilines is 1.